The average molecular weight is 449 g/mol. The number of allylic oxidation sites excluding steroid dienone is 2. The summed E-state index contributed by atoms with van der Waals surface area (Å²) in [5.74, 6) is 0.984. The standard InChI is InChI=1S/C25H21ClN2O4/c1-32-20-9-4-13(26)10-19(20)27-23(29)12-2-5-14(6-3-12)28-24(30)21-15-7-8-16(18-11-17(15)18)22(21)25(28)31/h2-10,15-18,21-22H,11H2,1H3,(H,27,29)/t15-,16-,17-,18+,21+,22+/m0/s1. The van der Waals surface area contributed by atoms with Crippen LogP contribution in [-0.2, 0) is 9.59 Å². The minimum absolute atomic E-state index is 0.106. The SMILES string of the molecule is COc1ccc(Cl)cc1NC(=O)c1ccc(N2C(=O)[C@@H]3[C@H]4C=C[C@@H]([C@@H]5C[C@H]45)[C@H]3C2=O)cc1. The summed E-state index contributed by atoms with van der Waals surface area (Å²) in [6.45, 7) is 0. The lowest BCUT2D eigenvalue weighted by Crippen LogP contribution is -2.40. The summed E-state index contributed by atoms with van der Waals surface area (Å²) >= 11 is 6.03. The number of halogens is 1. The van der Waals surface area contributed by atoms with Gasteiger partial charge in [-0.15, -0.1) is 0 Å². The number of amides is 3. The van der Waals surface area contributed by atoms with Crippen molar-refractivity contribution in [2.24, 2.45) is 35.5 Å². The highest BCUT2D eigenvalue weighted by Crippen LogP contribution is 2.65. The van der Waals surface area contributed by atoms with Crippen molar-refractivity contribution in [1.29, 1.82) is 0 Å². The number of hydrogen-bond acceptors (Lipinski definition) is 4. The minimum atomic E-state index is -0.341. The summed E-state index contributed by atoms with van der Waals surface area (Å²) < 4.78 is 5.27. The van der Waals surface area contributed by atoms with E-state index >= 15 is 0 Å². The number of nitrogens with one attached hydrogen (secondary N) is 1. The van der Waals surface area contributed by atoms with Gasteiger partial charge in [-0.2, -0.15) is 0 Å². The highest BCUT2D eigenvalue weighted by molar-refractivity contribution is 6.31. The molecule has 5 aliphatic rings. The molecule has 0 aromatic heterocycles. The highest BCUT2D eigenvalue weighted by atomic mass is 35.5. The van der Waals surface area contributed by atoms with E-state index in [0.717, 1.165) is 6.42 Å². The number of anilines is 2. The van der Waals surface area contributed by atoms with E-state index in [9.17, 15) is 14.4 Å². The van der Waals surface area contributed by atoms with E-state index in [1.54, 1.807) is 42.5 Å². The Morgan fingerprint density at radius 1 is 1.00 bits per heavy atom. The van der Waals surface area contributed by atoms with Gasteiger partial charge in [0, 0.05) is 10.6 Å². The van der Waals surface area contributed by atoms with Crippen LogP contribution >= 0.6 is 11.6 Å². The van der Waals surface area contributed by atoms with Crippen LogP contribution in [0.4, 0.5) is 11.4 Å². The third kappa shape index (κ3) is 2.75. The van der Waals surface area contributed by atoms with Crippen molar-refractivity contribution in [2.45, 2.75) is 6.42 Å². The Labute approximate surface area is 190 Å². The van der Waals surface area contributed by atoms with Crippen LogP contribution in [0.15, 0.2) is 54.6 Å². The van der Waals surface area contributed by atoms with Crippen LogP contribution in [0.2, 0.25) is 5.02 Å². The Bertz CT molecular complexity index is 1150. The molecule has 6 atom stereocenters. The molecule has 1 aliphatic heterocycles. The van der Waals surface area contributed by atoms with Crippen LogP contribution in [-0.4, -0.2) is 24.8 Å². The number of benzene rings is 2. The van der Waals surface area contributed by atoms with Crippen molar-refractivity contribution >= 4 is 40.7 Å². The molecule has 0 spiro atoms. The van der Waals surface area contributed by atoms with Crippen molar-refractivity contribution < 1.29 is 19.1 Å². The lowest BCUT2D eigenvalue weighted by Gasteiger charge is -2.37. The first kappa shape index (κ1) is 19.6. The van der Waals surface area contributed by atoms with E-state index in [1.165, 1.54) is 12.0 Å². The fourth-order valence-electron chi connectivity index (χ4n) is 5.95. The van der Waals surface area contributed by atoms with Gasteiger partial charge in [-0.1, -0.05) is 23.8 Å². The van der Waals surface area contributed by atoms with E-state index in [-0.39, 0.29) is 41.4 Å². The average Bonchev–Trinajstić information content (AvgIpc) is 3.57. The molecular weight excluding hydrogens is 428 g/mol. The van der Waals surface area contributed by atoms with E-state index in [0.29, 0.717) is 39.5 Å². The van der Waals surface area contributed by atoms with E-state index in [1.807, 2.05) is 0 Å². The molecule has 6 nitrogen and oxygen atoms in total. The Morgan fingerprint density at radius 2 is 1.62 bits per heavy atom. The van der Waals surface area contributed by atoms with E-state index in [2.05, 4.69) is 17.5 Å². The number of hydrogen-bond donors (Lipinski definition) is 1. The zero-order chi connectivity index (χ0) is 22.1. The second-order valence-corrected chi connectivity index (χ2v) is 9.45. The predicted molar refractivity (Wildman–Crippen MR) is 120 cm³/mol. The first-order valence-electron chi connectivity index (χ1n) is 10.8. The van der Waals surface area contributed by atoms with Gasteiger partial charge in [-0.05, 0) is 72.6 Å². The van der Waals surface area contributed by atoms with Gasteiger partial charge in [0.2, 0.25) is 11.8 Å². The highest BCUT2D eigenvalue weighted by Gasteiger charge is 2.67. The second kappa shape index (κ2) is 6.94. The van der Waals surface area contributed by atoms with E-state index < -0.39 is 0 Å². The molecule has 1 heterocycles. The Balaban J connectivity index is 1.23. The van der Waals surface area contributed by atoms with Gasteiger partial charge in [0.15, 0.2) is 0 Å². The number of ether oxygens (including phenoxy) is 1. The number of methoxy groups -OCH3 is 1. The second-order valence-electron chi connectivity index (χ2n) is 9.01. The zero-order valence-electron chi connectivity index (χ0n) is 17.3. The first-order valence-corrected chi connectivity index (χ1v) is 11.2. The van der Waals surface area contributed by atoms with Gasteiger partial charge in [-0.25, -0.2) is 0 Å². The van der Waals surface area contributed by atoms with Gasteiger partial charge < -0.3 is 10.1 Å². The fourth-order valence-corrected chi connectivity index (χ4v) is 6.12. The molecule has 2 bridgehead atoms. The van der Waals surface area contributed by atoms with Crippen molar-refractivity contribution in [1.82, 2.24) is 0 Å². The van der Waals surface area contributed by atoms with Crippen molar-refractivity contribution in [3.8, 4) is 5.75 Å². The molecule has 1 saturated heterocycles. The zero-order valence-corrected chi connectivity index (χ0v) is 18.1. The molecule has 0 radical (unpaired) electrons. The minimum Gasteiger partial charge on any atom is -0.495 e. The number of nitrogens with zero attached hydrogens (tertiary/aromatic N) is 1. The summed E-state index contributed by atoms with van der Waals surface area (Å²) in [6.07, 6.45) is 5.45. The topological polar surface area (TPSA) is 75.7 Å². The third-order valence-electron chi connectivity index (χ3n) is 7.46. The largest absolute Gasteiger partial charge is 0.495 e. The molecule has 2 aromatic carbocycles. The smallest absolute Gasteiger partial charge is 0.255 e. The lowest BCUT2D eigenvalue weighted by atomic mass is 9.63. The van der Waals surface area contributed by atoms with Crippen LogP contribution in [0, 0.1) is 35.5 Å². The first-order chi connectivity index (χ1) is 15.5. The summed E-state index contributed by atoms with van der Waals surface area (Å²) in [5, 5.41) is 3.27. The molecular formula is C25H21ClN2O4. The number of rotatable bonds is 4. The maximum Gasteiger partial charge on any atom is 0.255 e. The summed E-state index contributed by atoms with van der Waals surface area (Å²) in [5.41, 5.74) is 1.37. The molecule has 0 unspecified atom stereocenters. The molecule has 3 fully saturated rings. The molecule has 4 aliphatic carbocycles. The van der Waals surface area contributed by atoms with Gasteiger partial charge in [-0.3, -0.25) is 19.3 Å². The van der Waals surface area contributed by atoms with Crippen molar-refractivity contribution in [3.63, 3.8) is 0 Å². The molecule has 2 aromatic rings. The third-order valence-corrected chi connectivity index (χ3v) is 7.70. The Morgan fingerprint density at radius 3 is 2.22 bits per heavy atom. The summed E-state index contributed by atoms with van der Waals surface area (Å²) in [6, 6.07) is 11.5. The molecule has 2 saturated carbocycles. The van der Waals surface area contributed by atoms with Crippen molar-refractivity contribution in [2.75, 3.05) is 17.3 Å². The molecule has 162 valence electrons. The maximum atomic E-state index is 13.2. The number of imide groups is 1. The molecule has 1 N–H and O–H groups in total. The normalized spacial score (nSPS) is 31.4. The van der Waals surface area contributed by atoms with Crippen LogP contribution in [0.1, 0.15) is 16.8 Å². The molecule has 3 amide bonds. The van der Waals surface area contributed by atoms with Crippen LogP contribution < -0.4 is 15.0 Å². The Hall–Kier alpha value is -3.12. The molecule has 7 heteroatoms. The van der Waals surface area contributed by atoms with Crippen LogP contribution in [0.3, 0.4) is 0 Å². The fraction of sp³-hybridized carbons (Fsp3) is 0.320. The summed E-state index contributed by atoms with van der Waals surface area (Å²) in [7, 11) is 1.51. The molecule has 32 heavy (non-hydrogen) atoms. The van der Waals surface area contributed by atoms with Gasteiger partial charge >= 0.3 is 0 Å². The van der Waals surface area contributed by atoms with E-state index in [4.69, 9.17) is 16.3 Å². The predicted octanol–water partition coefficient (Wildman–Crippen LogP) is 4.16. The number of carbonyl (C=O) groups excluding carboxylic acids is 3. The maximum absolute atomic E-state index is 13.2. The van der Waals surface area contributed by atoms with Gasteiger partial charge in [0.1, 0.15) is 5.75 Å². The lowest BCUT2D eigenvalue weighted by molar-refractivity contribution is -0.124. The van der Waals surface area contributed by atoms with Gasteiger partial charge in [0.05, 0.1) is 30.3 Å². The number of carbonyl (C=O) groups is 3. The van der Waals surface area contributed by atoms with Gasteiger partial charge in [0.25, 0.3) is 5.91 Å². The molecule has 7 rings (SSSR count). The van der Waals surface area contributed by atoms with Crippen LogP contribution in [0.25, 0.3) is 0 Å². The Kier molecular flexibility index (Phi) is 4.24. The van der Waals surface area contributed by atoms with Crippen LogP contribution in [0.5, 0.6) is 5.75 Å². The monoisotopic (exact) mass is 448 g/mol. The van der Waals surface area contributed by atoms with Crippen molar-refractivity contribution in [3.05, 3.63) is 65.2 Å². The quantitative estimate of drug-likeness (QED) is 0.563. The summed E-state index contributed by atoms with van der Waals surface area (Å²) in [4.78, 5) is 40.5.